The Labute approximate surface area is 160 Å². The van der Waals surface area contributed by atoms with Crippen molar-refractivity contribution in [3.05, 3.63) is 80.0 Å². The standard InChI is InChI=1S/C19H20N4O3S/c1-14-3-5-15(6-4-14)13-22-10-12-27-19(22)20-18(25)16-7-8-17(24)23(21-16)9-11-26-2/h3-8,10,12H,9,11,13H2,1-2H3. The van der Waals surface area contributed by atoms with Crippen molar-refractivity contribution < 1.29 is 9.53 Å². The fourth-order valence-corrected chi connectivity index (χ4v) is 3.17. The number of nitrogens with zero attached hydrogens (tertiary/aromatic N) is 4. The van der Waals surface area contributed by atoms with Crippen LogP contribution in [0.2, 0.25) is 0 Å². The van der Waals surface area contributed by atoms with Crippen LogP contribution in [-0.2, 0) is 17.8 Å². The van der Waals surface area contributed by atoms with Crippen molar-refractivity contribution >= 4 is 17.2 Å². The maximum Gasteiger partial charge on any atom is 0.300 e. The minimum Gasteiger partial charge on any atom is -0.383 e. The molecule has 8 heteroatoms. The van der Waals surface area contributed by atoms with Crippen molar-refractivity contribution in [3.63, 3.8) is 0 Å². The molecule has 0 saturated carbocycles. The highest BCUT2D eigenvalue weighted by Crippen LogP contribution is 2.05. The highest BCUT2D eigenvalue weighted by Gasteiger charge is 2.09. The van der Waals surface area contributed by atoms with Gasteiger partial charge in [0.15, 0.2) is 10.5 Å². The smallest absolute Gasteiger partial charge is 0.300 e. The number of hydrogen-bond acceptors (Lipinski definition) is 5. The second kappa shape index (κ2) is 8.70. The lowest BCUT2D eigenvalue weighted by molar-refractivity contribution is 0.0989. The summed E-state index contributed by atoms with van der Waals surface area (Å²) in [6, 6.07) is 10.9. The maximum absolute atomic E-state index is 12.5. The highest BCUT2D eigenvalue weighted by atomic mass is 32.1. The Kier molecular flexibility index (Phi) is 6.10. The number of amides is 1. The molecule has 0 spiro atoms. The quantitative estimate of drug-likeness (QED) is 0.650. The van der Waals surface area contributed by atoms with Crippen LogP contribution < -0.4 is 10.4 Å². The third kappa shape index (κ3) is 4.87. The minimum atomic E-state index is -0.485. The summed E-state index contributed by atoms with van der Waals surface area (Å²) in [7, 11) is 1.54. The summed E-state index contributed by atoms with van der Waals surface area (Å²) in [5.41, 5.74) is 2.16. The molecule has 140 valence electrons. The lowest BCUT2D eigenvalue weighted by atomic mass is 10.1. The van der Waals surface area contributed by atoms with Crippen molar-refractivity contribution in [1.29, 1.82) is 0 Å². The highest BCUT2D eigenvalue weighted by molar-refractivity contribution is 7.07. The van der Waals surface area contributed by atoms with Crippen molar-refractivity contribution in [1.82, 2.24) is 14.3 Å². The summed E-state index contributed by atoms with van der Waals surface area (Å²) in [5, 5.41) is 5.97. The lowest BCUT2D eigenvalue weighted by Gasteiger charge is -2.05. The average molecular weight is 384 g/mol. The average Bonchev–Trinajstić information content (AvgIpc) is 3.09. The zero-order valence-corrected chi connectivity index (χ0v) is 16.0. The van der Waals surface area contributed by atoms with Gasteiger partial charge >= 0.3 is 0 Å². The fourth-order valence-electron chi connectivity index (χ4n) is 2.44. The van der Waals surface area contributed by atoms with E-state index in [0.717, 1.165) is 5.56 Å². The fraction of sp³-hybridized carbons (Fsp3) is 0.263. The number of aryl methyl sites for hydroxylation is 1. The Morgan fingerprint density at radius 1 is 1.22 bits per heavy atom. The largest absolute Gasteiger partial charge is 0.383 e. The van der Waals surface area contributed by atoms with Crippen LogP contribution in [0.5, 0.6) is 0 Å². The molecule has 3 aromatic rings. The number of carbonyl (C=O) groups is 1. The molecule has 7 nitrogen and oxygen atoms in total. The summed E-state index contributed by atoms with van der Waals surface area (Å²) in [5.74, 6) is -0.485. The number of aromatic nitrogens is 3. The van der Waals surface area contributed by atoms with Gasteiger partial charge in [0.2, 0.25) is 0 Å². The van der Waals surface area contributed by atoms with Gasteiger partial charge in [0.05, 0.1) is 13.2 Å². The summed E-state index contributed by atoms with van der Waals surface area (Å²) in [4.78, 5) is 29.1. The second-order valence-electron chi connectivity index (χ2n) is 5.99. The third-order valence-corrected chi connectivity index (χ3v) is 4.72. The number of ether oxygens (including phenoxy) is 1. The molecule has 3 rings (SSSR count). The molecule has 0 bridgehead atoms. The third-order valence-electron chi connectivity index (χ3n) is 3.92. The Bertz CT molecular complexity index is 1050. The van der Waals surface area contributed by atoms with Gasteiger partial charge < -0.3 is 9.30 Å². The number of rotatable bonds is 6. The van der Waals surface area contributed by atoms with Crippen LogP contribution in [0.25, 0.3) is 0 Å². The predicted molar refractivity (Wildman–Crippen MR) is 103 cm³/mol. The lowest BCUT2D eigenvalue weighted by Crippen LogP contribution is -2.26. The Morgan fingerprint density at radius 2 is 2.00 bits per heavy atom. The zero-order valence-electron chi connectivity index (χ0n) is 15.2. The molecular formula is C19H20N4O3S. The molecule has 2 aromatic heterocycles. The van der Waals surface area contributed by atoms with Crippen molar-refractivity contribution in [2.75, 3.05) is 13.7 Å². The molecule has 2 heterocycles. The van der Waals surface area contributed by atoms with E-state index in [1.807, 2.05) is 23.1 Å². The molecule has 0 aliphatic rings. The molecule has 27 heavy (non-hydrogen) atoms. The zero-order chi connectivity index (χ0) is 19.2. The molecule has 0 radical (unpaired) electrons. The summed E-state index contributed by atoms with van der Waals surface area (Å²) in [6.45, 7) is 3.28. The summed E-state index contributed by atoms with van der Waals surface area (Å²) in [6.07, 6.45) is 1.89. The van der Waals surface area contributed by atoms with Gasteiger partial charge in [-0.05, 0) is 18.6 Å². The number of carbonyl (C=O) groups excluding carboxylic acids is 1. The van der Waals surface area contributed by atoms with Crippen LogP contribution in [0.1, 0.15) is 21.6 Å². The van der Waals surface area contributed by atoms with Crippen molar-refractivity contribution in [2.24, 2.45) is 4.99 Å². The van der Waals surface area contributed by atoms with E-state index in [0.29, 0.717) is 18.0 Å². The molecule has 0 saturated heterocycles. The molecule has 0 unspecified atom stereocenters. The van der Waals surface area contributed by atoms with Gasteiger partial charge in [-0.25, -0.2) is 4.68 Å². The van der Waals surface area contributed by atoms with E-state index in [9.17, 15) is 9.59 Å². The normalized spacial score (nSPS) is 11.7. The number of methoxy groups -OCH3 is 1. The SMILES string of the molecule is COCCn1nc(C(=O)N=c2sccn2Cc2ccc(C)cc2)ccc1=O. The number of thiazole rings is 1. The van der Waals surface area contributed by atoms with Gasteiger partial charge in [0, 0.05) is 31.3 Å². The van der Waals surface area contributed by atoms with E-state index in [4.69, 9.17) is 4.74 Å². The molecule has 0 aliphatic heterocycles. The number of benzene rings is 1. The second-order valence-corrected chi connectivity index (χ2v) is 6.86. The first-order chi connectivity index (χ1) is 13.1. The van der Waals surface area contributed by atoms with Crippen molar-refractivity contribution in [3.8, 4) is 0 Å². The molecular weight excluding hydrogens is 364 g/mol. The van der Waals surface area contributed by atoms with Crippen molar-refractivity contribution in [2.45, 2.75) is 20.0 Å². The van der Waals surface area contributed by atoms with Crippen LogP contribution in [0.15, 0.2) is 57.8 Å². The predicted octanol–water partition coefficient (Wildman–Crippen LogP) is 1.85. The summed E-state index contributed by atoms with van der Waals surface area (Å²) >= 11 is 1.38. The molecule has 1 aromatic carbocycles. The van der Waals surface area contributed by atoms with E-state index in [-0.39, 0.29) is 17.8 Å². The maximum atomic E-state index is 12.5. The van der Waals surface area contributed by atoms with Gasteiger partial charge in [-0.15, -0.1) is 11.3 Å². The van der Waals surface area contributed by atoms with E-state index < -0.39 is 5.91 Å². The monoisotopic (exact) mass is 384 g/mol. The van der Waals surface area contributed by atoms with Gasteiger partial charge in [-0.2, -0.15) is 10.1 Å². The Morgan fingerprint density at radius 3 is 2.74 bits per heavy atom. The van der Waals surface area contributed by atoms with E-state index in [1.165, 1.54) is 33.7 Å². The van der Waals surface area contributed by atoms with Crippen LogP contribution in [-0.4, -0.2) is 34.0 Å². The van der Waals surface area contributed by atoms with E-state index in [2.05, 4.69) is 34.4 Å². The first-order valence-electron chi connectivity index (χ1n) is 8.42. The van der Waals surface area contributed by atoms with E-state index in [1.54, 1.807) is 7.11 Å². The topological polar surface area (TPSA) is 78.5 Å². The van der Waals surface area contributed by atoms with Gasteiger partial charge in [-0.3, -0.25) is 9.59 Å². The van der Waals surface area contributed by atoms with Crippen LogP contribution >= 0.6 is 11.3 Å². The molecule has 0 atom stereocenters. The minimum absolute atomic E-state index is 0.126. The van der Waals surface area contributed by atoms with Crippen LogP contribution in [0.3, 0.4) is 0 Å². The first kappa shape index (κ1) is 18.9. The van der Waals surface area contributed by atoms with Crippen LogP contribution in [0, 0.1) is 6.92 Å². The molecule has 1 amide bonds. The van der Waals surface area contributed by atoms with Gasteiger partial charge in [-0.1, -0.05) is 29.8 Å². The first-order valence-corrected chi connectivity index (χ1v) is 9.30. The Hall–Kier alpha value is -2.84. The molecule has 0 aliphatic carbocycles. The molecule has 0 fully saturated rings. The Balaban J connectivity index is 1.85. The van der Waals surface area contributed by atoms with Crippen LogP contribution in [0.4, 0.5) is 0 Å². The van der Waals surface area contributed by atoms with Gasteiger partial charge in [0.25, 0.3) is 11.5 Å². The summed E-state index contributed by atoms with van der Waals surface area (Å²) < 4.78 is 8.08. The van der Waals surface area contributed by atoms with Gasteiger partial charge in [0.1, 0.15) is 0 Å². The molecule has 0 N–H and O–H groups in total. The van der Waals surface area contributed by atoms with E-state index >= 15 is 0 Å². The number of hydrogen-bond donors (Lipinski definition) is 0.